The zero-order chi connectivity index (χ0) is 16.1. The first-order valence-corrected chi connectivity index (χ1v) is 8.24. The Kier molecular flexibility index (Phi) is 11.3. The van der Waals surface area contributed by atoms with Crippen molar-refractivity contribution in [3.8, 4) is 0 Å². The van der Waals surface area contributed by atoms with Gasteiger partial charge in [-0.05, 0) is 25.7 Å². The molecule has 0 spiro atoms. The Morgan fingerprint density at radius 2 is 1.81 bits per heavy atom. The lowest BCUT2D eigenvalue weighted by Crippen LogP contribution is -2.47. The molecule has 0 aliphatic rings. The molecular formula is C17H35N2O2+. The molecule has 0 aromatic carbocycles. The maximum absolute atomic E-state index is 12.0. The molecule has 1 amide bonds. The molecule has 0 aromatic rings. The summed E-state index contributed by atoms with van der Waals surface area (Å²) in [5, 5.41) is 9.00. The summed E-state index contributed by atoms with van der Waals surface area (Å²) < 4.78 is 0.746. The van der Waals surface area contributed by atoms with Crippen LogP contribution in [-0.4, -0.2) is 67.8 Å². The standard InChI is InChI=1S/C17H35N2O2/c1-5-6-7-8-9-10-11-12-17(21)18(2)13-14-19(3,4)15-16-20/h7-8,20H,5-6,9-16H2,1-4H3/q+1/b8-7+. The number of carbonyl (C=O) groups excluding carboxylic acids is 1. The minimum Gasteiger partial charge on any atom is -0.391 e. The van der Waals surface area contributed by atoms with Gasteiger partial charge in [0.05, 0.1) is 33.8 Å². The second kappa shape index (κ2) is 11.8. The van der Waals surface area contributed by atoms with Crippen LogP contribution in [0.5, 0.6) is 0 Å². The van der Waals surface area contributed by atoms with Crippen molar-refractivity contribution < 1.29 is 14.4 Å². The molecule has 21 heavy (non-hydrogen) atoms. The Labute approximate surface area is 131 Å². The van der Waals surface area contributed by atoms with Gasteiger partial charge in [0.1, 0.15) is 6.54 Å². The average molecular weight is 299 g/mol. The third-order valence-corrected chi connectivity index (χ3v) is 3.81. The van der Waals surface area contributed by atoms with Crippen molar-refractivity contribution in [1.82, 2.24) is 4.90 Å². The Balaban J connectivity index is 3.75. The van der Waals surface area contributed by atoms with Gasteiger partial charge in [-0.3, -0.25) is 4.79 Å². The van der Waals surface area contributed by atoms with E-state index >= 15 is 0 Å². The van der Waals surface area contributed by atoms with Gasteiger partial charge in [0.2, 0.25) is 5.91 Å². The third-order valence-electron chi connectivity index (χ3n) is 3.81. The molecule has 0 radical (unpaired) electrons. The van der Waals surface area contributed by atoms with Crippen LogP contribution in [0.2, 0.25) is 0 Å². The Hall–Kier alpha value is -0.870. The first kappa shape index (κ1) is 20.1. The molecule has 0 aliphatic carbocycles. The second-order valence-corrected chi connectivity index (χ2v) is 6.43. The van der Waals surface area contributed by atoms with E-state index in [9.17, 15) is 4.79 Å². The number of allylic oxidation sites excluding steroid dienone is 2. The lowest BCUT2D eigenvalue weighted by atomic mass is 10.1. The molecule has 0 saturated heterocycles. The lowest BCUT2D eigenvalue weighted by Gasteiger charge is -2.31. The quantitative estimate of drug-likeness (QED) is 0.341. The molecule has 0 aromatic heterocycles. The molecule has 0 rings (SSSR count). The summed E-state index contributed by atoms with van der Waals surface area (Å²) in [6, 6.07) is 0. The van der Waals surface area contributed by atoms with Crippen molar-refractivity contribution in [2.24, 2.45) is 0 Å². The number of nitrogens with zero attached hydrogens (tertiary/aromatic N) is 2. The predicted molar refractivity (Wildman–Crippen MR) is 89.1 cm³/mol. The number of aliphatic hydroxyl groups excluding tert-OH is 1. The van der Waals surface area contributed by atoms with E-state index in [0.29, 0.717) is 6.42 Å². The second-order valence-electron chi connectivity index (χ2n) is 6.43. The highest BCUT2D eigenvalue weighted by Gasteiger charge is 2.16. The van der Waals surface area contributed by atoms with E-state index in [1.807, 2.05) is 11.9 Å². The van der Waals surface area contributed by atoms with Crippen LogP contribution in [-0.2, 0) is 4.79 Å². The van der Waals surface area contributed by atoms with Crippen molar-refractivity contribution in [3.63, 3.8) is 0 Å². The maximum Gasteiger partial charge on any atom is 0.222 e. The molecule has 1 N–H and O–H groups in total. The van der Waals surface area contributed by atoms with Gasteiger partial charge in [0.25, 0.3) is 0 Å². The van der Waals surface area contributed by atoms with E-state index in [2.05, 4.69) is 33.2 Å². The molecule has 0 saturated carbocycles. The minimum atomic E-state index is 0.191. The summed E-state index contributed by atoms with van der Waals surface area (Å²) in [6.07, 6.45) is 10.6. The van der Waals surface area contributed by atoms with E-state index in [4.69, 9.17) is 5.11 Å². The molecule has 0 fully saturated rings. The fourth-order valence-corrected chi connectivity index (χ4v) is 2.06. The smallest absolute Gasteiger partial charge is 0.222 e. The maximum atomic E-state index is 12.0. The highest BCUT2D eigenvalue weighted by Crippen LogP contribution is 2.05. The highest BCUT2D eigenvalue weighted by molar-refractivity contribution is 5.75. The molecular weight excluding hydrogens is 264 g/mol. The molecule has 4 nitrogen and oxygen atoms in total. The number of amides is 1. The summed E-state index contributed by atoms with van der Waals surface area (Å²) >= 11 is 0. The van der Waals surface area contributed by atoms with Crippen LogP contribution in [0.3, 0.4) is 0 Å². The number of hydrogen-bond donors (Lipinski definition) is 1. The molecule has 0 bridgehead atoms. The summed E-state index contributed by atoms with van der Waals surface area (Å²) in [6.45, 7) is 4.73. The Morgan fingerprint density at radius 1 is 1.14 bits per heavy atom. The van der Waals surface area contributed by atoms with Gasteiger partial charge in [-0.1, -0.05) is 25.5 Å². The normalized spacial score (nSPS) is 12.0. The highest BCUT2D eigenvalue weighted by atomic mass is 16.3. The molecule has 0 heterocycles. The molecule has 0 unspecified atom stereocenters. The van der Waals surface area contributed by atoms with Gasteiger partial charge in [-0.2, -0.15) is 0 Å². The van der Waals surface area contributed by atoms with Crippen molar-refractivity contribution in [2.75, 3.05) is 47.4 Å². The summed E-state index contributed by atoms with van der Waals surface area (Å²) in [5.41, 5.74) is 0. The molecule has 124 valence electrons. The summed E-state index contributed by atoms with van der Waals surface area (Å²) in [4.78, 5) is 13.8. The largest absolute Gasteiger partial charge is 0.391 e. The zero-order valence-electron chi connectivity index (χ0n) is 14.5. The van der Waals surface area contributed by atoms with E-state index in [0.717, 1.165) is 49.8 Å². The van der Waals surface area contributed by atoms with E-state index < -0.39 is 0 Å². The van der Waals surface area contributed by atoms with Crippen LogP contribution in [0.25, 0.3) is 0 Å². The van der Waals surface area contributed by atoms with Crippen LogP contribution in [0.15, 0.2) is 12.2 Å². The van der Waals surface area contributed by atoms with E-state index in [-0.39, 0.29) is 12.5 Å². The van der Waals surface area contributed by atoms with Crippen LogP contribution in [0, 0.1) is 0 Å². The van der Waals surface area contributed by atoms with Gasteiger partial charge in [-0.25, -0.2) is 0 Å². The Bertz CT molecular complexity index is 301. The monoisotopic (exact) mass is 299 g/mol. The van der Waals surface area contributed by atoms with Gasteiger partial charge in [0, 0.05) is 13.5 Å². The number of likely N-dealkylation sites (N-methyl/N-ethyl adjacent to an activating group) is 2. The topological polar surface area (TPSA) is 40.5 Å². The number of hydrogen-bond acceptors (Lipinski definition) is 2. The van der Waals surface area contributed by atoms with Crippen molar-refractivity contribution in [1.29, 1.82) is 0 Å². The predicted octanol–water partition coefficient (Wildman–Crippen LogP) is 2.43. The van der Waals surface area contributed by atoms with Gasteiger partial charge in [-0.15, -0.1) is 0 Å². The minimum absolute atomic E-state index is 0.191. The number of quaternary nitrogens is 1. The SMILES string of the molecule is CCC/C=C/CCCCC(=O)N(C)CC[N+](C)(C)CCO. The molecule has 0 aliphatic heterocycles. The summed E-state index contributed by atoms with van der Waals surface area (Å²) in [5.74, 6) is 0.233. The summed E-state index contributed by atoms with van der Waals surface area (Å²) in [7, 11) is 6.04. The van der Waals surface area contributed by atoms with E-state index in [1.165, 1.54) is 6.42 Å². The first-order chi connectivity index (χ1) is 9.93. The number of unbranched alkanes of at least 4 members (excludes halogenated alkanes) is 3. The molecule has 4 heteroatoms. The number of carbonyl (C=O) groups is 1. The van der Waals surface area contributed by atoms with Crippen molar-refractivity contribution in [3.05, 3.63) is 12.2 Å². The third kappa shape index (κ3) is 11.5. The first-order valence-electron chi connectivity index (χ1n) is 8.24. The van der Waals surface area contributed by atoms with Gasteiger partial charge >= 0.3 is 0 Å². The number of aliphatic hydroxyl groups is 1. The lowest BCUT2D eigenvalue weighted by molar-refractivity contribution is -0.890. The van der Waals surface area contributed by atoms with Crippen molar-refractivity contribution >= 4 is 5.91 Å². The van der Waals surface area contributed by atoms with Crippen LogP contribution in [0.4, 0.5) is 0 Å². The van der Waals surface area contributed by atoms with Crippen LogP contribution >= 0.6 is 0 Å². The molecule has 0 atom stereocenters. The van der Waals surface area contributed by atoms with Gasteiger partial charge < -0.3 is 14.5 Å². The van der Waals surface area contributed by atoms with E-state index in [1.54, 1.807) is 0 Å². The zero-order valence-corrected chi connectivity index (χ0v) is 14.5. The van der Waals surface area contributed by atoms with Gasteiger partial charge in [0.15, 0.2) is 0 Å². The fraction of sp³-hybridized carbons (Fsp3) is 0.824. The fourth-order valence-electron chi connectivity index (χ4n) is 2.06. The van der Waals surface area contributed by atoms with Crippen LogP contribution < -0.4 is 0 Å². The van der Waals surface area contributed by atoms with Crippen molar-refractivity contribution in [2.45, 2.75) is 45.4 Å². The van der Waals surface area contributed by atoms with Crippen LogP contribution in [0.1, 0.15) is 45.4 Å². The Morgan fingerprint density at radius 3 is 2.43 bits per heavy atom. The number of rotatable bonds is 12. The average Bonchev–Trinajstić information content (AvgIpc) is 2.43.